The average Bonchev–Trinajstić information content (AvgIpc) is 3.81. The van der Waals surface area contributed by atoms with Gasteiger partial charge in [-0.3, -0.25) is 0 Å². The summed E-state index contributed by atoms with van der Waals surface area (Å²) in [5, 5.41) is 0. The van der Waals surface area contributed by atoms with Crippen molar-refractivity contribution in [1.82, 2.24) is 0 Å². The second-order valence-corrected chi connectivity index (χ2v) is 11.6. The Bertz CT molecular complexity index is 1220. The van der Waals surface area contributed by atoms with Gasteiger partial charge in [0.05, 0.1) is 81.3 Å². The summed E-state index contributed by atoms with van der Waals surface area (Å²) >= 11 is 0. The third-order valence-corrected chi connectivity index (χ3v) is 9.58. The van der Waals surface area contributed by atoms with Crippen LogP contribution in [-0.2, 0) is 45.4 Å². The molecule has 8 heteroatoms. The van der Waals surface area contributed by atoms with Gasteiger partial charge in [-0.2, -0.15) is 0 Å². The van der Waals surface area contributed by atoms with Gasteiger partial charge < -0.3 is 37.9 Å². The average molecular weight is 577 g/mol. The second-order valence-electron chi connectivity index (χ2n) is 11.6. The summed E-state index contributed by atoms with van der Waals surface area (Å²) in [5.41, 5.74) is 8.85. The summed E-state index contributed by atoms with van der Waals surface area (Å²) in [6, 6.07) is 0. The Morgan fingerprint density at radius 1 is 0.429 bits per heavy atom. The number of allylic oxidation sites excluding steroid dienone is 4. The van der Waals surface area contributed by atoms with E-state index in [2.05, 4.69) is 24.3 Å². The molecular weight excluding hydrogens is 536 g/mol. The lowest BCUT2D eigenvalue weighted by Gasteiger charge is -2.26. The van der Waals surface area contributed by atoms with Gasteiger partial charge in [0.25, 0.3) is 0 Å². The van der Waals surface area contributed by atoms with Crippen LogP contribution in [0.3, 0.4) is 0 Å². The zero-order chi connectivity index (χ0) is 28.8. The predicted octanol–water partition coefficient (Wildman–Crippen LogP) is 5.78. The van der Waals surface area contributed by atoms with Gasteiger partial charge in [-0.25, -0.2) is 0 Å². The molecule has 4 bridgehead atoms. The number of fused-ring (bicyclic) bond motifs is 12. The van der Waals surface area contributed by atoms with Gasteiger partial charge in [-0.05, 0) is 12.8 Å². The van der Waals surface area contributed by atoms with Crippen LogP contribution in [0.4, 0.5) is 0 Å². The van der Waals surface area contributed by atoms with E-state index in [9.17, 15) is 0 Å². The van der Waals surface area contributed by atoms with Crippen LogP contribution in [0.2, 0.25) is 0 Å². The Hall–Kier alpha value is -3.04. The quantitative estimate of drug-likeness (QED) is 0.424. The van der Waals surface area contributed by atoms with Crippen LogP contribution in [-0.4, -0.2) is 54.9 Å². The standard InChI is InChI=1S/C34H40O8/c1-35-31-23-15-39-9-10-41-17-25-26(34(38-4)30-22-8-7-21(14-22)29(30)33(25)37-3)18-42-12-11-40-16-24(23)32(36-2)28-20-6-5-19(13-20)27(28)31/h5-8,19-22H,9-18H2,1-4H3. The first-order valence-electron chi connectivity index (χ1n) is 15.0. The first-order valence-corrected chi connectivity index (χ1v) is 15.0. The first kappa shape index (κ1) is 27.8. The molecule has 224 valence electrons. The number of hydrogen-bond donors (Lipinski definition) is 0. The highest BCUT2D eigenvalue weighted by atomic mass is 16.5. The monoisotopic (exact) mass is 576 g/mol. The number of ether oxygens (including phenoxy) is 8. The molecule has 4 unspecified atom stereocenters. The molecule has 5 aliphatic rings. The van der Waals surface area contributed by atoms with Crippen molar-refractivity contribution in [3.63, 3.8) is 0 Å². The van der Waals surface area contributed by atoms with Crippen molar-refractivity contribution in [3.05, 3.63) is 68.8 Å². The summed E-state index contributed by atoms with van der Waals surface area (Å²) in [6.45, 7) is 3.23. The molecule has 0 saturated heterocycles. The maximum absolute atomic E-state index is 6.22. The van der Waals surface area contributed by atoms with Crippen molar-refractivity contribution in [2.75, 3.05) is 54.9 Å². The lowest BCUT2D eigenvalue weighted by molar-refractivity contribution is 0.0205. The fourth-order valence-corrected chi connectivity index (χ4v) is 7.89. The fraction of sp³-hybridized carbons (Fsp3) is 0.529. The van der Waals surface area contributed by atoms with Gasteiger partial charge in [-0.15, -0.1) is 0 Å². The second kappa shape index (κ2) is 11.6. The minimum absolute atomic E-state index is 0.344. The molecule has 0 aromatic heterocycles. The SMILES string of the molecule is COc1c2c(c(OC)c3c1C1C=CC3C1)COCCOCc1c(c(OC)c3c(c1OC)C1C=CC3C1)COCCOC2. The van der Waals surface area contributed by atoms with E-state index < -0.39 is 0 Å². The summed E-state index contributed by atoms with van der Waals surface area (Å²) in [7, 11) is 6.97. The molecule has 0 amide bonds. The van der Waals surface area contributed by atoms with Crippen molar-refractivity contribution < 1.29 is 37.9 Å². The number of methoxy groups -OCH3 is 4. The molecule has 2 aromatic carbocycles. The van der Waals surface area contributed by atoms with Gasteiger partial charge in [0.15, 0.2) is 0 Å². The van der Waals surface area contributed by atoms with E-state index in [-0.39, 0.29) is 0 Å². The number of benzene rings is 2. The molecular formula is C34H40O8. The van der Waals surface area contributed by atoms with E-state index in [0.717, 1.165) is 58.1 Å². The predicted molar refractivity (Wildman–Crippen MR) is 156 cm³/mol. The zero-order valence-electron chi connectivity index (χ0n) is 25.0. The van der Waals surface area contributed by atoms with E-state index >= 15 is 0 Å². The van der Waals surface area contributed by atoms with E-state index in [4.69, 9.17) is 37.9 Å². The van der Waals surface area contributed by atoms with E-state index in [0.29, 0.717) is 76.5 Å². The fourth-order valence-electron chi connectivity index (χ4n) is 7.89. The Morgan fingerprint density at radius 3 is 0.881 bits per heavy atom. The molecule has 4 atom stereocenters. The highest BCUT2D eigenvalue weighted by molar-refractivity contribution is 5.68. The smallest absolute Gasteiger partial charge is 0.129 e. The Balaban J connectivity index is 1.18. The number of rotatable bonds is 4. The van der Waals surface area contributed by atoms with Crippen molar-refractivity contribution >= 4 is 0 Å². The lowest BCUT2D eigenvalue weighted by Crippen LogP contribution is -2.15. The van der Waals surface area contributed by atoms with Crippen LogP contribution < -0.4 is 18.9 Å². The van der Waals surface area contributed by atoms with Crippen LogP contribution in [0.15, 0.2) is 24.3 Å². The van der Waals surface area contributed by atoms with Crippen LogP contribution in [0.25, 0.3) is 0 Å². The van der Waals surface area contributed by atoms with Crippen molar-refractivity contribution in [2.45, 2.75) is 62.9 Å². The summed E-state index contributed by atoms with van der Waals surface area (Å²) in [6.07, 6.45) is 11.3. The molecule has 4 aliphatic carbocycles. The number of hydrogen-bond acceptors (Lipinski definition) is 8. The van der Waals surface area contributed by atoms with Crippen molar-refractivity contribution in [3.8, 4) is 23.0 Å². The molecule has 0 saturated carbocycles. The summed E-state index contributed by atoms with van der Waals surface area (Å²) in [5.74, 6) is 4.94. The molecule has 8 nitrogen and oxygen atoms in total. The maximum atomic E-state index is 6.22. The van der Waals surface area contributed by atoms with E-state index in [1.54, 1.807) is 28.4 Å². The van der Waals surface area contributed by atoms with Gasteiger partial charge in [0.1, 0.15) is 23.0 Å². The lowest BCUT2D eigenvalue weighted by atomic mass is 9.89. The minimum Gasteiger partial charge on any atom is -0.496 e. The molecule has 0 spiro atoms. The van der Waals surface area contributed by atoms with Crippen LogP contribution in [0.5, 0.6) is 23.0 Å². The highest BCUT2D eigenvalue weighted by Gasteiger charge is 2.42. The molecule has 0 N–H and O–H groups in total. The third-order valence-electron chi connectivity index (χ3n) is 9.58. The van der Waals surface area contributed by atoms with E-state index in [1.165, 1.54) is 22.3 Å². The molecule has 7 rings (SSSR count). The largest absolute Gasteiger partial charge is 0.496 e. The van der Waals surface area contributed by atoms with Crippen LogP contribution >= 0.6 is 0 Å². The Labute approximate surface area is 247 Å². The van der Waals surface area contributed by atoms with Crippen molar-refractivity contribution in [2.24, 2.45) is 0 Å². The van der Waals surface area contributed by atoms with Gasteiger partial charge >= 0.3 is 0 Å². The topological polar surface area (TPSA) is 73.8 Å². The van der Waals surface area contributed by atoms with Crippen LogP contribution in [0, 0.1) is 0 Å². The molecule has 1 aliphatic heterocycles. The van der Waals surface area contributed by atoms with Gasteiger partial charge in [-0.1, -0.05) is 24.3 Å². The zero-order valence-corrected chi connectivity index (χ0v) is 25.0. The molecule has 1 heterocycles. The molecule has 0 radical (unpaired) electrons. The Kier molecular flexibility index (Phi) is 7.65. The maximum Gasteiger partial charge on any atom is 0.129 e. The van der Waals surface area contributed by atoms with Gasteiger partial charge in [0.2, 0.25) is 0 Å². The Morgan fingerprint density at radius 2 is 0.667 bits per heavy atom. The van der Waals surface area contributed by atoms with Crippen molar-refractivity contribution in [1.29, 1.82) is 0 Å². The molecule has 0 fully saturated rings. The van der Waals surface area contributed by atoms with Crippen LogP contribution in [0.1, 0.15) is 81.0 Å². The summed E-state index contributed by atoms with van der Waals surface area (Å²) < 4.78 is 49.1. The summed E-state index contributed by atoms with van der Waals surface area (Å²) in [4.78, 5) is 0. The minimum atomic E-state index is 0.344. The van der Waals surface area contributed by atoms with Gasteiger partial charge in [0, 0.05) is 68.2 Å². The first-order chi connectivity index (χ1) is 20.7. The normalized spacial score (nSPS) is 26.0. The molecule has 42 heavy (non-hydrogen) atoms. The van der Waals surface area contributed by atoms with E-state index in [1.807, 2.05) is 0 Å². The third kappa shape index (κ3) is 4.34. The molecule has 2 aromatic rings. The highest BCUT2D eigenvalue weighted by Crippen LogP contribution is 2.59.